The van der Waals surface area contributed by atoms with Crippen molar-refractivity contribution in [2.24, 2.45) is 0 Å². The Balaban J connectivity index is 2.80. The van der Waals surface area contributed by atoms with Crippen molar-refractivity contribution in [1.82, 2.24) is 9.97 Å². The molecule has 0 saturated carbocycles. The van der Waals surface area contributed by atoms with Crippen LogP contribution in [0.5, 0.6) is 0 Å². The molecule has 0 saturated heterocycles. The van der Waals surface area contributed by atoms with Gasteiger partial charge in [0.1, 0.15) is 0 Å². The van der Waals surface area contributed by atoms with E-state index in [1.54, 1.807) is 30.5 Å². The van der Waals surface area contributed by atoms with E-state index >= 15 is 0 Å². The molecule has 0 bridgehead atoms. The SMILES string of the molecule is C=C/C=C(\C=C)c1cc2c(C)nccc2[nH]c1=O. The molecular formula is C15H14N2O. The molecule has 0 unspecified atom stereocenters. The minimum Gasteiger partial charge on any atom is -0.321 e. The first kappa shape index (κ1) is 12.0. The van der Waals surface area contributed by atoms with E-state index in [0.29, 0.717) is 5.56 Å². The second kappa shape index (κ2) is 4.84. The Labute approximate surface area is 105 Å². The molecule has 0 fully saturated rings. The van der Waals surface area contributed by atoms with Crippen molar-refractivity contribution in [2.75, 3.05) is 0 Å². The van der Waals surface area contributed by atoms with Crippen molar-refractivity contribution in [1.29, 1.82) is 0 Å². The highest BCUT2D eigenvalue weighted by Gasteiger charge is 2.07. The van der Waals surface area contributed by atoms with Gasteiger partial charge in [-0.25, -0.2) is 0 Å². The maximum atomic E-state index is 12.0. The van der Waals surface area contributed by atoms with Crippen LogP contribution in [0, 0.1) is 6.92 Å². The molecule has 0 aliphatic heterocycles. The molecule has 0 aliphatic rings. The zero-order valence-electron chi connectivity index (χ0n) is 10.2. The van der Waals surface area contributed by atoms with Gasteiger partial charge >= 0.3 is 0 Å². The third-order valence-electron chi connectivity index (χ3n) is 2.80. The van der Waals surface area contributed by atoms with Gasteiger partial charge in [0.15, 0.2) is 0 Å². The maximum absolute atomic E-state index is 12.0. The molecule has 90 valence electrons. The van der Waals surface area contributed by atoms with Crippen LogP contribution in [0.25, 0.3) is 16.5 Å². The Bertz CT molecular complexity index is 708. The number of nitrogens with one attached hydrogen (secondary N) is 1. The number of aryl methyl sites for hydroxylation is 1. The molecule has 18 heavy (non-hydrogen) atoms. The van der Waals surface area contributed by atoms with E-state index < -0.39 is 0 Å². The second-order valence-corrected chi connectivity index (χ2v) is 3.93. The first-order chi connectivity index (χ1) is 8.67. The van der Waals surface area contributed by atoms with Gasteiger partial charge in [0.25, 0.3) is 5.56 Å². The Morgan fingerprint density at radius 3 is 2.89 bits per heavy atom. The fraction of sp³-hybridized carbons (Fsp3) is 0.0667. The number of aromatic nitrogens is 2. The normalized spacial score (nSPS) is 11.5. The molecule has 0 atom stereocenters. The Hall–Kier alpha value is -2.42. The van der Waals surface area contributed by atoms with E-state index in [0.717, 1.165) is 22.2 Å². The van der Waals surface area contributed by atoms with Crippen LogP contribution in [0.15, 0.2) is 54.5 Å². The molecule has 0 radical (unpaired) electrons. The van der Waals surface area contributed by atoms with E-state index in [9.17, 15) is 4.79 Å². The number of nitrogens with zero attached hydrogens (tertiary/aromatic N) is 1. The standard InChI is InChI=1S/C15H14N2O/c1-4-6-11(5-2)13-9-12-10(3)16-8-7-14(12)17-15(13)18/h4-9H,1-2H2,3H3,(H,17,18)/b11-6+. The summed E-state index contributed by atoms with van der Waals surface area (Å²) in [6.45, 7) is 9.26. The molecule has 0 amide bonds. The molecule has 3 nitrogen and oxygen atoms in total. The first-order valence-corrected chi connectivity index (χ1v) is 5.61. The number of fused-ring (bicyclic) bond motifs is 1. The molecule has 3 heteroatoms. The molecule has 0 aliphatic carbocycles. The molecule has 1 N–H and O–H groups in total. The van der Waals surface area contributed by atoms with Crippen molar-refractivity contribution in [3.63, 3.8) is 0 Å². The van der Waals surface area contributed by atoms with Crippen molar-refractivity contribution in [3.8, 4) is 0 Å². The number of pyridine rings is 2. The van der Waals surface area contributed by atoms with Gasteiger partial charge in [-0.3, -0.25) is 9.78 Å². The molecule has 0 aromatic carbocycles. The van der Waals surface area contributed by atoms with Gasteiger partial charge in [0.05, 0.1) is 5.52 Å². The zero-order chi connectivity index (χ0) is 13.1. The number of aromatic amines is 1. The average molecular weight is 238 g/mol. The van der Waals surface area contributed by atoms with E-state index in [1.165, 1.54) is 0 Å². The Kier molecular flexibility index (Phi) is 3.24. The van der Waals surface area contributed by atoms with Gasteiger partial charge in [0, 0.05) is 22.8 Å². The smallest absolute Gasteiger partial charge is 0.256 e. The number of H-pyrrole nitrogens is 1. The first-order valence-electron chi connectivity index (χ1n) is 5.61. The molecule has 2 aromatic rings. The van der Waals surface area contributed by atoms with Crippen LogP contribution in [0.1, 0.15) is 11.3 Å². The highest BCUT2D eigenvalue weighted by atomic mass is 16.1. The van der Waals surface area contributed by atoms with Gasteiger partial charge in [-0.2, -0.15) is 0 Å². The summed E-state index contributed by atoms with van der Waals surface area (Å²) in [4.78, 5) is 19.1. The number of allylic oxidation sites excluding steroid dienone is 4. The van der Waals surface area contributed by atoms with E-state index in [4.69, 9.17) is 0 Å². The van der Waals surface area contributed by atoms with Crippen molar-refractivity contribution in [2.45, 2.75) is 6.92 Å². The summed E-state index contributed by atoms with van der Waals surface area (Å²) in [5, 5.41) is 0.934. The van der Waals surface area contributed by atoms with Gasteiger partial charge in [-0.05, 0) is 24.6 Å². The maximum Gasteiger partial charge on any atom is 0.256 e. The lowest BCUT2D eigenvalue weighted by Gasteiger charge is -2.05. The van der Waals surface area contributed by atoms with Crippen LogP contribution in [-0.4, -0.2) is 9.97 Å². The third-order valence-corrected chi connectivity index (χ3v) is 2.80. The van der Waals surface area contributed by atoms with Crippen molar-refractivity contribution >= 4 is 16.5 Å². The van der Waals surface area contributed by atoms with Crippen molar-refractivity contribution in [3.05, 3.63) is 71.3 Å². The van der Waals surface area contributed by atoms with Gasteiger partial charge in [-0.1, -0.05) is 31.4 Å². The van der Waals surface area contributed by atoms with Gasteiger partial charge in [0.2, 0.25) is 0 Å². The molecule has 2 rings (SSSR count). The fourth-order valence-electron chi connectivity index (χ4n) is 1.88. The largest absolute Gasteiger partial charge is 0.321 e. The summed E-state index contributed by atoms with van der Waals surface area (Å²) < 4.78 is 0. The van der Waals surface area contributed by atoms with Crippen LogP contribution in [0.4, 0.5) is 0 Å². The number of rotatable bonds is 3. The van der Waals surface area contributed by atoms with Crippen LogP contribution in [0.2, 0.25) is 0 Å². The Morgan fingerprint density at radius 2 is 2.22 bits per heavy atom. The molecule has 2 aromatic heterocycles. The summed E-state index contributed by atoms with van der Waals surface area (Å²) in [5.74, 6) is 0. The van der Waals surface area contributed by atoms with Crippen LogP contribution in [-0.2, 0) is 0 Å². The van der Waals surface area contributed by atoms with Crippen LogP contribution < -0.4 is 5.56 Å². The molecule has 2 heterocycles. The lowest BCUT2D eigenvalue weighted by Crippen LogP contribution is -2.11. The quantitative estimate of drug-likeness (QED) is 0.835. The molecule has 0 spiro atoms. The predicted octanol–water partition coefficient (Wildman–Crippen LogP) is 2.99. The van der Waals surface area contributed by atoms with Crippen molar-refractivity contribution < 1.29 is 0 Å². The van der Waals surface area contributed by atoms with E-state index in [-0.39, 0.29) is 5.56 Å². The lowest BCUT2D eigenvalue weighted by atomic mass is 10.0. The number of hydrogen-bond acceptors (Lipinski definition) is 2. The zero-order valence-corrected chi connectivity index (χ0v) is 10.2. The summed E-state index contributed by atoms with van der Waals surface area (Å²) in [6.07, 6.45) is 6.72. The topological polar surface area (TPSA) is 45.8 Å². The van der Waals surface area contributed by atoms with Gasteiger partial charge in [-0.15, -0.1) is 0 Å². The lowest BCUT2D eigenvalue weighted by molar-refractivity contribution is 1.20. The van der Waals surface area contributed by atoms with E-state index in [2.05, 4.69) is 23.1 Å². The summed E-state index contributed by atoms with van der Waals surface area (Å²) in [6, 6.07) is 3.63. The summed E-state index contributed by atoms with van der Waals surface area (Å²) >= 11 is 0. The summed E-state index contributed by atoms with van der Waals surface area (Å²) in [5.41, 5.74) is 2.86. The van der Waals surface area contributed by atoms with Crippen LogP contribution >= 0.6 is 0 Å². The molecular weight excluding hydrogens is 224 g/mol. The minimum atomic E-state index is -0.138. The Morgan fingerprint density at radius 1 is 1.44 bits per heavy atom. The fourth-order valence-corrected chi connectivity index (χ4v) is 1.88. The van der Waals surface area contributed by atoms with Crippen LogP contribution in [0.3, 0.4) is 0 Å². The highest BCUT2D eigenvalue weighted by Crippen LogP contribution is 2.18. The highest BCUT2D eigenvalue weighted by molar-refractivity contribution is 5.86. The predicted molar refractivity (Wildman–Crippen MR) is 75.5 cm³/mol. The van der Waals surface area contributed by atoms with E-state index in [1.807, 2.05) is 13.0 Å². The monoisotopic (exact) mass is 238 g/mol. The average Bonchev–Trinajstić information content (AvgIpc) is 2.36. The summed E-state index contributed by atoms with van der Waals surface area (Å²) in [7, 11) is 0. The van der Waals surface area contributed by atoms with Gasteiger partial charge < -0.3 is 4.98 Å². The number of hydrogen-bond donors (Lipinski definition) is 1. The minimum absolute atomic E-state index is 0.138. The third kappa shape index (κ3) is 2.02. The second-order valence-electron chi connectivity index (χ2n) is 3.93.